The molecule has 0 radical (unpaired) electrons. The van der Waals surface area contributed by atoms with Crippen LogP contribution in [0.1, 0.15) is 32.8 Å². The summed E-state index contributed by atoms with van der Waals surface area (Å²) in [5.41, 5.74) is 1.45. The second kappa shape index (κ2) is 9.11. The standard InChI is InChI=1S/C17H30N2/c1-5-19(6-2)15-14-18(4)16(3)12-13-17-10-8-7-9-11-17/h7-11,16H,5-6,12-15H2,1-4H3/t16-/m1/s1. The second-order valence-electron chi connectivity index (χ2n) is 5.38. The molecule has 0 fully saturated rings. The molecule has 0 N–H and O–H groups in total. The van der Waals surface area contributed by atoms with E-state index in [4.69, 9.17) is 0 Å². The Balaban J connectivity index is 2.26. The SMILES string of the molecule is CCN(CC)CCN(C)[C@H](C)CCc1ccccc1. The van der Waals surface area contributed by atoms with Gasteiger partial charge in [0.15, 0.2) is 0 Å². The molecular formula is C17H30N2. The Labute approximate surface area is 119 Å². The van der Waals surface area contributed by atoms with E-state index in [0.717, 1.165) is 19.6 Å². The van der Waals surface area contributed by atoms with Crippen molar-refractivity contribution in [2.75, 3.05) is 33.2 Å². The number of nitrogens with zero attached hydrogens (tertiary/aromatic N) is 2. The molecule has 0 aromatic heterocycles. The molecule has 1 rings (SSSR count). The van der Waals surface area contributed by atoms with Crippen molar-refractivity contribution in [3.63, 3.8) is 0 Å². The quantitative estimate of drug-likeness (QED) is 0.674. The van der Waals surface area contributed by atoms with Gasteiger partial charge in [0.2, 0.25) is 0 Å². The summed E-state index contributed by atoms with van der Waals surface area (Å²) in [5, 5.41) is 0. The van der Waals surface area contributed by atoms with E-state index in [9.17, 15) is 0 Å². The number of rotatable bonds is 9. The van der Waals surface area contributed by atoms with Crippen molar-refractivity contribution in [1.29, 1.82) is 0 Å². The Morgan fingerprint density at radius 1 is 1.00 bits per heavy atom. The highest BCUT2D eigenvalue weighted by Gasteiger charge is 2.10. The Hall–Kier alpha value is -0.860. The average Bonchev–Trinajstić information content (AvgIpc) is 2.46. The maximum atomic E-state index is 2.49. The van der Waals surface area contributed by atoms with Crippen molar-refractivity contribution in [2.45, 2.75) is 39.7 Å². The van der Waals surface area contributed by atoms with Crippen molar-refractivity contribution >= 4 is 0 Å². The maximum absolute atomic E-state index is 2.49. The van der Waals surface area contributed by atoms with Crippen LogP contribution in [0.25, 0.3) is 0 Å². The van der Waals surface area contributed by atoms with Gasteiger partial charge in [0, 0.05) is 19.1 Å². The van der Waals surface area contributed by atoms with E-state index in [1.165, 1.54) is 24.9 Å². The summed E-state index contributed by atoms with van der Waals surface area (Å²) in [6, 6.07) is 11.4. The fraction of sp³-hybridized carbons (Fsp3) is 0.647. The minimum Gasteiger partial charge on any atom is -0.303 e. The first-order chi connectivity index (χ1) is 9.17. The lowest BCUT2D eigenvalue weighted by Crippen LogP contribution is -2.37. The molecule has 0 saturated carbocycles. The monoisotopic (exact) mass is 262 g/mol. The Kier molecular flexibility index (Phi) is 7.76. The zero-order chi connectivity index (χ0) is 14.1. The highest BCUT2D eigenvalue weighted by molar-refractivity contribution is 5.14. The van der Waals surface area contributed by atoms with Crippen molar-refractivity contribution in [3.8, 4) is 0 Å². The molecule has 0 saturated heterocycles. The predicted octanol–water partition coefficient (Wildman–Crippen LogP) is 3.28. The van der Waals surface area contributed by atoms with Gasteiger partial charge in [0.25, 0.3) is 0 Å². The van der Waals surface area contributed by atoms with Crippen LogP contribution in [0.15, 0.2) is 30.3 Å². The van der Waals surface area contributed by atoms with Crippen LogP contribution in [0.4, 0.5) is 0 Å². The van der Waals surface area contributed by atoms with Gasteiger partial charge in [-0.3, -0.25) is 0 Å². The Bertz CT molecular complexity index is 319. The normalized spacial score (nSPS) is 13.2. The van der Waals surface area contributed by atoms with Gasteiger partial charge in [-0.15, -0.1) is 0 Å². The number of benzene rings is 1. The molecule has 0 spiro atoms. The molecule has 0 aliphatic rings. The molecule has 2 heteroatoms. The summed E-state index contributed by atoms with van der Waals surface area (Å²) >= 11 is 0. The summed E-state index contributed by atoms with van der Waals surface area (Å²) in [4.78, 5) is 4.97. The van der Waals surface area contributed by atoms with Gasteiger partial charge >= 0.3 is 0 Å². The molecule has 0 amide bonds. The number of likely N-dealkylation sites (N-methyl/N-ethyl adjacent to an activating group) is 2. The van der Waals surface area contributed by atoms with Crippen LogP contribution < -0.4 is 0 Å². The first-order valence-corrected chi connectivity index (χ1v) is 7.63. The van der Waals surface area contributed by atoms with E-state index < -0.39 is 0 Å². The van der Waals surface area contributed by atoms with Gasteiger partial charge in [-0.2, -0.15) is 0 Å². The minimum absolute atomic E-state index is 0.649. The van der Waals surface area contributed by atoms with Crippen LogP contribution in [-0.2, 0) is 6.42 Å². The smallest absolute Gasteiger partial charge is 0.0109 e. The molecule has 0 unspecified atom stereocenters. The van der Waals surface area contributed by atoms with Crippen molar-refractivity contribution in [3.05, 3.63) is 35.9 Å². The molecule has 0 bridgehead atoms. The van der Waals surface area contributed by atoms with Crippen molar-refractivity contribution in [2.24, 2.45) is 0 Å². The topological polar surface area (TPSA) is 6.48 Å². The van der Waals surface area contributed by atoms with Gasteiger partial charge < -0.3 is 9.80 Å². The molecule has 0 aliphatic heterocycles. The lowest BCUT2D eigenvalue weighted by atomic mass is 10.1. The number of hydrogen-bond acceptors (Lipinski definition) is 2. The van der Waals surface area contributed by atoms with Gasteiger partial charge in [-0.25, -0.2) is 0 Å². The summed E-state index contributed by atoms with van der Waals surface area (Å²) in [6.45, 7) is 11.5. The number of aryl methyl sites for hydroxylation is 1. The molecule has 108 valence electrons. The highest BCUT2D eigenvalue weighted by Crippen LogP contribution is 2.08. The molecule has 19 heavy (non-hydrogen) atoms. The number of hydrogen-bond donors (Lipinski definition) is 0. The van der Waals surface area contributed by atoms with Gasteiger partial charge in [-0.05, 0) is 45.5 Å². The van der Waals surface area contributed by atoms with E-state index in [0.29, 0.717) is 6.04 Å². The lowest BCUT2D eigenvalue weighted by Gasteiger charge is -2.28. The van der Waals surface area contributed by atoms with Gasteiger partial charge in [0.05, 0.1) is 0 Å². The third-order valence-corrected chi connectivity index (χ3v) is 4.11. The van der Waals surface area contributed by atoms with Crippen LogP contribution in [0.5, 0.6) is 0 Å². The van der Waals surface area contributed by atoms with E-state index in [1.54, 1.807) is 0 Å². The summed E-state index contributed by atoms with van der Waals surface area (Å²) in [6.07, 6.45) is 2.41. The second-order valence-corrected chi connectivity index (χ2v) is 5.38. The van der Waals surface area contributed by atoms with Crippen LogP contribution in [0, 0.1) is 0 Å². The fourth-order valence-corrected chi connectivity index (χ4v) is 2.30. The summed E-state index contributed by atoms with van der Waals surface area (Å²) < 4.78 is 0. The summed E-state index contributed by atoms with van der Waals surface area (Å²) in [7, 11) is 2.25. The van der Waals surface area contributed by atoms with E-state index in [-0.39, 0.29) is 0 Å². The largest absolute Gasteiger partial charge is 0.303 e. The van der Waals surface area contributed by atoms with Gasteiger partial charge in [-0.1, -0.05) is 44.2 Å². The predicted molar refractivity (Wildman–Crippen MR) is 84.6 cm³/mol. The van der Waals surface area contributed by atoms with Crippen LogP contribution in [0.3, 0.4) is 0 Å². The average molecular weight is 262 g/mol. The van der Waals surface area contributed by atoms with E-state index in [2.05, 4.69) is 68.0 Å². The molecule has 1 atom stereocenters. The van der Waals surface area contributed by atoms with E-state index in [1.807, 2.05) is 0 Å². The zero-order valence-electron chi connectivity index (χ0n) is 13.1. The first-order valence-electron chi connectivity index (χ1n) is 7.63. The molecule has 1 aromatic rings. The Morgan fingerprint density at radius 3 is 2.21 bits per heavy atom. The Morgan fingerprint density at radius 2 is 1.63 bits per heavy atom. The van der Waals surface area contributed by atoms with E-state index >= 15 is 0 Å². The van der Waals surface area contributed by atoms with Crippen molar-refractivity contribution < 1.29 is 0 Å². The molecular weight excluding hydrogens is 232 g/mol. The molecule has 1 aromatic carbocycles. The fourth-order valence-electron chi connectivity index (χ4n) is 2.30. The molecule has 2 nitrogen and oxygen atoms in total. The summed E-state index contributed by atoms with van der Waals surface area (Å²) in [5.74, 6) is 0. The molecule has 0 aliphatic carbocycles. The third-order valence-electron chi connectivity index (χ3n) is 4.11. The van der Waals surface area contributed by atoms with Crippen LogP contribution >= 0.6 is 0 Å². The van der Waals surface area contributed by atoms with Crippen molar-refractivity contribution in [1.82, 2.24) is 9.80 Å². The maximum Gasteiger partial charge on any atom is 0.0109 e. The minimum atomic E-state index is 0.649. The molecule has 0 heterocycles. The third kappa shape index (κ3) is 6.22. The van der Waals surface area contributed by atoms with Crippen LogP contribution in [0.2, 0.25) is 0 Å². The van der Waals surface area contributed by atoms with Crippen LogP contribution in [-0.4, -0.2) is 49.1 Å². The zero-order valence-corrected chi connectivity index (χ0v) is 13.1. The highest BCUT2D eigenvalue weighted by atomic mass is 15.2. The first kappa shape index (κ1) is 16.2. The lowest BCUT2D eigenvalue weighted by molar-refractivity contribution is 0.199. The van der Waals surface area contributed by atoms with Gasteiger partial charge in [0.1, 0.15) is 0 Å².